The molecule has 0 fully saturated rings. The summed E-state index contributed by atoms with van der Waals surface area (Å²) in [4.78, 5) is 12.3. The fraction of sp³-hybridized carbons (Fsp3) is 0.250. The molecule has 1 heterocycles. The van der Waals surface area contributed by atoms with Gasteiger partial charge in [-0.15, -0.1) is 0 Å². The minimum atomic E-state index is -0.296. The maximum Gasteiger partial charge on any atom is 0.244 e. The summed E-state index contributed by atoms with van der Waals surface area (Å²) in [5.41, 5.74) is 1.75. The lowest BCUT2D eigenvalue weighted by Gasteiger charge is -2.37. The average molecular weight is 307 g/mol. The summed E-state index contributed by atoms with van der Waals surface area (Å²) in [6.45, 7) is 4.09. The van der Waals surface area contributed by atoms with Crippen molar-refractivity contribution >= 4 is 12.0 Å². The van der Waals surface area contributed by atoms with Gasteiger partial charge in [-0.2, -0.15) is 0 Å². The Morgan fingerprint density at radius 3 is 2.61 bits per heavy atom. The molecular formula is C20H21NO2. The van der Waals surface area contributed by atoms with Gasteiger partial charge in [0.2, 0.25) is 5.91 Å². The molecule has 118 valence electrons. The SMILES string of the molecule is CC1(C)C[C@H](NC(=O)/C=C/c2ccccc2)c2ccccc2O1. The number of amides is 1. The van der Waals surface area contributed by atoms with E-state index in [4.69, 9.17) is 4.74 Å². The van der Waals surface area contributed by atoms with Crippen LogP contribution in [0.15, 0.2) is 60.7 Å². The average Bonchev–Trinajstić information content (AvgIpc) is 2.53. The third-order valence-electron chi connectivity index (χ3n) is 3.92. The van der Waals surface area contributed by atoms with Crippen LogP contribution in [0.4, 0.5) is 0 Å². The lowest BCUT2D eigenvalue weighted by Crippen LogP contribution is -2.40. The van der Waals surface area contributed by atoms with Crippen LogP contribution in [-0.4, -0.2) is 11.5 Å². The van der Waals surface area contributed by atoms with Gasteiger partial charge >= 0.3 is 0 Å². The Labute approximate surface area is 137 Å². The number of nitrogens with one attached hydrogen (secondary N) is 1. The molecule has 1 aliphatic heterocycles. The Hall–Kier alpha value is -2.55. The number of carbonyl (C=O) groups is 1. The summed E-state index contributed by atoms with van der Waals surface area (Å²) in [5.74, 6) is 0.757. The second-order valence-corrected chi connectivity index (χ2v) is 6.41. The Morgan fingerprint density at radius 2 is 1.83 bits per heavy atom. The predicted molar refractivity (Wildman–Crippen MR) is 92.1 cm³/mol. The van der Waals surface area contributed by atoms with E-state index in [1.807, 2.05) is 74.5 Å². The van der Waals surface area contributed by atoms with Crippen LogP contribution in [0, 0.1) is 0 Å². The molecule has 3 rings (SSSR count). The zero-order chi connectivity index (χ0) is 16.3. The van der Waals surface area contributed by atoms with Crippen molar-refractivity contribution < 1.29 is 9.53 Å². The minimum Gasteiger partial charge on any atom is -0.487 e. The summed E-state index contributed by atoms with van der Waals surface area (Å²) in [7, 11) is 0. The van der Waals surface area contributed by atoms with Crippen molar-refractivity contribution in [3.8, 4) is 5.75 Å². The summed E-state index contributed by atoms with van der Waals surface area (Å²) >= 11 is 0. The number of rotatable bonds is 3. The summed E-state index contributed by atoms with van der Waals surface area (Å²) in [5, 5.41) is 3.10. The number of carbonyl (C=O) groups excluding carboxylic acids is 1. The number of ether oxygens (including phenoxy) is 1. The van der Waals surface area contributed by atoms with Crippen LogP contribution < -0.4 is 10.1 Å². The first-order chi connectivity index (χ1) is 11.0. The molecule has 1 atom stereocenters. The number of para-hydroxylation sites is 1. The highest BCUT2D eigenvalue weighted by atomic mass is 16.5. The molecule has 2 aromatic rings. The summed E-state index contributed by atoms with van der Waals surface area (Å²) in [6, 6.07) is 17.7. The van der Waals surface area contributed by atoms with Crippen LogP contribution in [0.2, 0.25) is 0 Å². The highest BCUT2D eigenvalue weighted by Gasteiger charge is 2.33. The molecule has 0 unspecified atom stereocenters. The van der Waals surface area contributed by atoms with E-state index in [-0.39, 0.29) is 17.6 Å². The molecule has 0 aliphatic carbocycles. The number of hydrogen-bond donors (Lipinski definition) is 1. The van der Waals surface area contributed by atoms with Gasteiger partial charge in [0.15, 0.2) is 0 Å². The summed E-state index contributed by atoms with van der Waals surface area (Å²) in [6.07, 6.45) is 4.15. The van der Waals surface area contributed by atoms with Gasteiger partial charge in [-0.1, -0.05) is 48.5 Å². The fourth-order valence-electron chi connectivity index (χ4n) is 2.89. The van der Waals surface area contributed by atoms with E-state index in [1.54, 1.807) is 6.08 Å². The molecule has 0 radical (unpaired) electrons. The highest BCUT2D eigenvalue weighted by Crippen LogP contribution is 2.39. The largest absolute Gasteiger partial charge is 0.487 e. The second kappa shape index (κ2) is 6.29. The number of fused-ring (bicyclic) bond motifs is 1. The van der Waals surface area contributed by atoms with Crippen LogP contribution in [0.5, 0.6) is 5.75 Å². The van der Waals surface area contributed by atoms with Crippen LogP contribution in [0.25, 0.3) is 6.08 Å². The number of benzene rings is 2. The van der Waals surface area contributed by atoms with E-state index in [0.717, 1.165) is 23.3 Å². The molecule has 23 heavy (non-hydrogen) atoms. The molecular weight excluding hydrogens is 286 g/mol. The smallest absolute Gasteiger partial charge is 0.244 e. The Bertz CT molecular complexity index is 719. The van der Waals surface area contributed by atoms with Gasteiger partial charge in [-0.3, -0.25) is 4.79 Å². The van der Waals surface area contributed by atoms with Gasteiger partial charge in [0.1, 0.15) is 11.4 Å². The molecule has 1 amide bonds. The highest BCUT2D eigenvalue weighted by molar-refractivity contribution is 5.92. The van der Waals surface area contributed by atoms with E-state index in [2.05, 4.69) is 5.32 Å². The van der Waals surface area contributed by atoms with E-state index >= 15 is 0 Å². The molecule has 1 N–H and O–H groups in total. The van der Waals surface area contributed by atoms with Gasteiger partial charge < -0.3 is 10.1 Å². The van der Waals surface area contributed by atoms with Gasteiger partial charge in [-0.25, -0.2) is 0 Å². The zero-order valence-electron chi connectivity index (χ0n) is 13.5. The van der Waals surface area contributed by atoms with Crippen LogP contribution >= 0.6 is 0 Å². The molecule has 3 nitrogen and oxygen atoms in total. The van der Waals surface area contributed by atoms with E-state index in [1.165, 1.54) is 0 Å². The van der Waals surface area contributed by atoms with Crippen molar-refractivity contribution in [2.24, 2.45) is 0 Å². The Balaban J connectivity index is 1.74. The standard InChI is InChI=1S/C20H21NO2/c1-20(2)14-17(16-10-6-7-11-18(16)23-20)21-19(22)13-12-15-8-4-3-5-9-15/h3-13,17H,14H2,1-2H3,(H,21,22)/b13-12+/t17-/m0/s1. The van der Waals surface area contributed by atoms with Gasteiger partial charge in [0.25, 0.3) is 0 Å². The maximum absolute atomic E-state index is 12.3. The van der Waals surface area contributed by atoms with Gasteiger partial charge in [-0.05, 0) is 31.6 Å². The van der Waals surface area contributed by atoms with Gasteiger partial charge in [0.05, 0.1) is 6.04 Å². The first kappa shape index (κ1) is 15.3. The molecule has 0 saturated carbocycles. The third kappa shape index (κ3) is 3.81. The topological polar surface area (TPSA) is 38.3 Å². The first-order valence-corrected chi connectivity index (χ1v) is 7.85. The van der Waals surface area contributed by atoms with Crippen LogP contribution in [0.3, 0.4) is 0 Å². The Kier molecular flexibility index (Phi) is 4.20. The fourth-order valence-corrected chi connectivity index (χ4v) is 2.89. The molecule has 0 saturated heterocycles. The first-order valence-electron chi connectivity index (χ1n) is 7.85. The molecule has 0 spiro atoms. The number of hydrogen-bond acceptors (Lipinski definition) is 2. The van der Waals surface area contributed by atoms with Crippen LogP contribution in [0.1, 0.15) is 37.4 Å². The molecule has 0 bridgehead atoms. The van der Waals surface area contributed by atoms with Crippen molar-refractivity contribution in [3.63, 3.8) is 0 Å². The van der Waals surface area contributed by atoms with Crippen molar-refractivity contribution in [1.29, 1.82) is 0 Å². The minimum absolute atomic E-state index is 0.0390. The quantitative estimate of drug-likeness (QED) is 0.866. The van der Waals surface area contributed by atoms with Crippen molar-refractivity contribution in [1.82, 2.24) is 5.32 Å². The van der Waals surface area contributed by atoms with E-state index in [0.29, 0.717) is 0 Å². The molecule has 1 aliphatic rings. The normalized spacial score (nSPS) is 19.0. The monoisotopic (exact) mass is 307 g/mol. The van der Waals surface area contributed by atoms with E-state index < -0.39 is 0 Å². The van der Waals surface area contributed by atoms with Crippen molar-refractivity contribution in [3.05, 3.63) is 71.8 Å². The molecule has 0 aromatic heterocycles. The maximum atomic E-state index is 12.3. The van der Waals surface area contributed by atoms with Gasteiger partial charge in [0, 0.05) is 18.1 Å². The predicted octanol–water partition coefficient (Wildman–Crippen LogP) is 4.12. The molecule has 3 heteroatoms. The molecule has 2 aromatic carbocycles. The lowest BCUT2D eigenvalue weighted by molar-refractivity contribution is -0.117. The van der Waals surface area contributed by atoms with Crippen molar-refractivity contribution in [2.75, 3.05) is 0 Å². The van der Waals surface area contributed by atoms with E-state index in [9.17, 15) is 4.79 Å². The van der Waals surface area contributed by atoms with Crippen molar-refractivity contribution in [2.45, 2.75) is 31.9 Å². The summed E-state index contributed by atoms with van der Waals surface area (Å²) < 4.78 is 5.99. The van der Waals surface area contributed by atoms with Crippen LogP contribution in [-0.2, 0) is 4.79 Å². The lowest BCUT2D eigenvalue weighted by atomic mass is 9.89. The zero-order valence-corrected chi connectivity index (χ0v) is 13.5. The Morgan fingerprint density at radius 1 is 1.13 bits per heavy atom. The third-order valence-corrected chi connectivity index (χ3v) is 3.92. The second-order valence-electron chi connectivity index (χ2n) is 6.41.